The minimum Gasteiger partial charge on any atom is -0.289 e. The van der Waals surface area contributed by atoms with Gasteiger partial charge in [-0.05, 0) is 24.6 Å². The van der Waals surface area contributed by atoms with Gasteiger partial charge in [0.2, 0.25) is 0 Å². The van der Waals surface area contributed by atoms with Crippen LogP contribution in [0, 0.1) is 6.92 Å². The first kappa shape index (κ1) is 11.5. The average Bonchev–Trinajstić information content (AvgIpc) is 2.15. The van der Waals surface area contributed by atoms with Gasteiger partial charge in [0, 0.05) is 5.56 Å². The average molecular weight is 214 g/mol. The Labute approximate surface area is 85.2 Å². The number of alkyl halides is 3. The number of halogens is 3. The fourth-order valence-corrected chi connectivity index (χ4v) is 1.20. The van der Waals surface area contributed by atoms with Crippen LogP contribution in [-0.4, -0.2) is 5.78 Å². The fraction of sp³-hybridized carbons (Fsp3) is 0.182. The highest BCUT2D eigenvalue weighted by Gasteiger charge is 2.32. The monoisotopic (exact) mass is 214 g/mol. The maximum absolute atomic E-state index is 12.5. The van der Waals surface area contributed by atoms with E-state index in [-0.39, 0.29) is 11.1 Å². The molecule has 0 spiro atoms. The zero-order valence-corrected chi connectivity index (χ0v) is 8.06. The van der Waals surface area contributed by atoms with Gasteiger partial charge in [0.05, 0.1) is 5.56 Å². The summed E-state index contributed by atoms with van der Waals surface area (Å²) < 4.78 is 37.4. The van der Waals surface area contributed by atoms with Gasteiger partial charge in [0.1, 0.15) is 0 Å². The van der Waals surface area contributed by atoms with E-state index in [2.05, 4.69) is 6.58 Å². The molecule has 0 aromatic heterocycles. The molecule has 15 heavy (non-hydrogen) atoms. The van der Waals surface area contributed by atoms with Crippen LogP contribution in [0.2, 0.25) is 0 Å². The van der Waals surface area contributed by atoms with Crippen molar-refractivity contribution >= 4 is 5.78 Å². The highest BCUT2D eigenvalue weighted by Crippen LogP contribution is 2.32. The van der Waals surface area contributed by atoms with Crippen molar-refractivity contribution in [2.45, 2.75) is 13.1 Å². The molecular weight excluding hydrogens is 205 g/mol. The molecule has 0 bridgehead atoms. The van der Waals surface area contributed by atoms with E-state index >= 15 is 0 Å². The van der Waals surface area contributed by atoms with Gasteiger partial charge in [-0.25, -0.2) is 0 Å². The van der Waals surface area contributed by atoms with Crippen molar-refractivity contribution < 1.29 is 18.0 Å². The lowest BCUT2D eigenvalue weighted by molar-refractivity contribution is -0.138. The predicted octanol–water partition coefficient (Wildman–Crippen LogP) is 3.38. The van der Waals surface area contributed by atoms with Crippen LogP contribution in [0.5, 0.6) is 0 Å². The van der Waals surface area contributed by atoms with Crippen molar-refractivity contribution in [3.05, 3.63) is 47.5 Å². The second-order valence-corrected chi connectivity index (χ2v) is 3.10. The molecule has 0 unspecified atom stereocenters. The summed E-state index contributed by atoms with van der Waals surface area (Å²) in [6, 6.07) is 3.48. The van der Waals surface area contributed by atoms with Gasteiger partial charge in [-0.3, -0.25) is 4.79 Å². The molecule has 1 rings (SSSR count). The van der Waals surface area contributed by atoms with Crippen LogP contribution in [0.3, 0.4) is 0 Å². The first-order valence-corrected chi connectivity index (χ1v) is 4.21. The Balaban J connectivity index is 3.29. The van der Waals surface area contributed by atoms with E-state index < -0.39 is 17.5 Å². The number of hydrogen-bond acceptors (Lipinski definition) is 1. The Hall–Kier alpha value is -1.58. The summed E-state index contributed by atoms with van der Waals surface area (Å²) in [5.41, 5.74) is -0.679. The van der Waals surface area contributed by atoms with Crippen LogP contribution in [-0.2, 0) is 6.18 Å². The molecule has 0 saturated heterocycles. The largest absolute Gasteiger partial charge is 0.416 e. The van der Waals surface area contributed by atoms with Crippen molar-refractivity contribution in [1.82, 2.24) is 0 Å². The van der Waals surface area contributed by atoms with Gasteiger partial charge in [0.25, 0.3) is 0 Å². The van der Waals surface area contributed by atoms with E-state index in [1.54, 1.807) is 0 Å². The standard InChI is InChI=1S/C11H9F3O/c1-3-10(15)8-5-4-7(2)9(6-8)11(12,13)14/h3-6H,1H2,2H3. The van der Waals surface area contributed by atoms with E-state index in [0.29, 0.717) is 0 Å². The lowest BCUT2D eigenvalue weighted by atomic mass is 10.0. The molecule has 0 aliphatic rings. The lowest BCUT2D eigenvalue weighted by Gasteiger charge is -2.10. The predicted molar refractivity (Wildman–Crippen MR) is 50.7 cm³/mol. The summed E-state index contributed by atoms with van der Waals surface area (Å²) in [6.45, 7) is 4.57. The third kappa shape index (κ3) is 2.46. The number of carbonyl (C=O) groups is 1. The Morgan fingerprint density at radius 3 is 2.47 bits per heavy atom. The zero-order chi connectivity index (χ0) is 11.6. The molecule has 0 aliphatic heterocycles. The normalized spacial score (nSPS) is 11.2. The van der Waals surface area contributed by atoms with Gasteiger partial charge in [-0.15, -0.1) is 0 Å². The number of benzene rings is 1. The van der Waals surface area contributed by atoms with E-state index in [4.69, 9.17) is 0 Å². The molecule has 0 atom stereocenters. The van der Waals surface area contributed by atoms with Gasteiger partial charge in [0.15, 0.2) is 5.78 Å². The molecule has 0 amide bonds. The first-order valence-electron chi connectivity index (χ1n) is 4.21. The van der Waals surface area contributed by atoms with Crippen LogP contribution < -0.4 is 0 Å². The Kier molecular flexibility index (Phi) is 2.98. The molecule has 1 aromatic rings. The molecule has 1 aromatic carbocycles. The summed E-state index contributed by atoms with van der Waals surface area (Å²) in [4.78, 5) is 11.1. The third-order valence-corrected chi connectivity index (χ3v) is 2.01. The second kappa shape index (κ2) is 3.88. The molecule has 0 saturated carbocycles. The van der Waals surface area contributed by atoms with Crippen molar-refractivity contribution in [2.24, 2.45) is 0 Å². The quantitative estimate of drug-likeness (QED) is 0.544. The second-order valence-electron chi connectivity index (χ2n) is 3.10. The zero-order valence-electron chi connectivity index (χ0n) is 8.06. The van der Waals surface area contributed by atoms with E-state index in [9.17, 15) is 18.0 Å². The van der Waals surface area contributed by atoms with Crippen molar-refractivity contribution in [3.63, 3.8) is 0 Å². The SMILES string of the molecule is C=CC(=O)c1ccc(C)c(C(F)(F)F)c1. The minimum atomic E-state index is -4.43. The minimum absolute atomic E-state index is 0.00271. The molecule has 1 nitrogen and oxygen atoms in total. The molecule has 0 aliphatic carbocycles. The lowest BCUT2D eigenvalue weighted by Crippen LogP contribution is -2.09. The summed E-state index contributed by atoms with van der Waals surface area (Å²) in [7, 11) is 0. The maximum Gasteiger partial charge on any atom is 0.416 e. The summed E-state index contributed by atoms with van der Waals surface area (Å²) in [5, 5.41) is 0. The Bertz CT molecular complexity index is 405. The van der Waals surface area contributed by atoms with E-state index in [1.165, 1.54) is 19.1 Å². The van der Waals surface area contributed by atoms with Crippen LogP contribution >= 0.6 is 0 Å². The third-order valence-electron chi connectivity index (χ3n) is 2.01. The van der Waals surface area contributed by atoms with E-state index in [1.807, 2.05) is 0 Å². The number of aryl methyl sites for hydroxylation is 1. The Morgan fingerprint density at radius 1 is 1.40 bits per heavy atom. The molecule has 80 valence electrons. The summed E-state index contributed by atoms with van der Waals surface area (Å²) >= 11 is 0. The first-order chi connectivity index (χ1) is 6.86. The van der Waals surface area contributed by atoms with Crippen molar-refractivity contribution in [3.8, 4) is 0 Å². The topological polar surface area (TPSA) is 17.1 Å². The number of ketones is 1. The summed E-state index contributed by atoms with van der Waals surface area (Å²) in [6.07, 6.45) is -3.44. The smallest absolute Gasteiger partial charge is 0.289 e. The molecular formula is C11H9F3O. The molecule has 0 radical (unpaired) electrons. The van der Waals surface area contributed by atoms with Crippen molar-refractivity contribution in [1.29, 1.82) is 0 Å². The molecule has 0 N–H and O–H groups in total. The highest BCUT2D eigenvalue weighted by molar-refractivity contribution is 6.04. The van der Waals surface area contributed by atoms with Gasteiger partial charge in [-0.1, -0.05) is 18.7 Å². The van der Waals surface area contributed by atoms with E-state index in [0.717, 1.165) is 12.1 Å². The van der Waals surface area contributed by atoms with Gasteiger partial charge in [-0.2, -0.15) is 13.2 Å². The Morgan fingerprint density at radius 2 is 2.00 bits per heavy atom. The van der Waals surface area contributed by atoms with Crippen molar-refractivity contribution in [2.75, 3.05) is 0 Å². The number of allylic oxidation sites excluding steroid dienone is 1. The number of rotatable bonds is 2. The molecule has 0 fully saturated rings. The highest BCUT2D eigenvalue weighted by atomic mass is 19.4. The van der Waals surface area contributed by atoms with Crippen LogP contribution in [0.15, 0.2) is 30.9 Å². The molecule has 0 heterocycles. The number of carbonyl (C=O) groups excluding carboxylic acids is 1. The van der Waals surface area contributed by atoms with Gasteiger partial charge < -0.3 is 0 Å². The summed E-state index contributed by atoms with van der Waals surface area (Å²) in [5.74, 6) is -0.513. The molecule has 4 heteroatoms. The maximum atomic E-state index is 12.5. The van der Waals surface area contributed by atoms with Crippen LogP contribution in [0.4, 0.5) is 13.2 Å². The van der Waals surface area contributed by atoms with Crippen LogP contribution in [0.1, 0.15) is 21.5 Å². The fourth-order valence-electron chi connectivity index (χ4n) is 1.20. The number of hydrogen-bond donors (Lipinski definition) is 0. The van der Waals surface area contributed by atoms with Crippen LogP contribution in [0.25, 0.3) is 0 Å². The van der Waals surface area contributed by atoms with Gasteiger partial charge >= 0.3 is 6.18 Å².